The average molecular weight is 285 g/mol. The van der Waals surface area contributed by atoms with Crippen LogP contribution < -0.4 is 5.32 Å². The van der Waals surface area contributed by atoms with Crippen molar-refractivity contribution >= 4 is 34.3 Å². The fraction of sp³-hybridized carbons (Fsp3) is 0.455. The molecule has 0 aliphatic rings. The van der Waals surface area contributed by atoms with E-state index in [1.807, 2.05) is 6.92 Å². The number of aliphatic carboxylic acids is 1. The fourth-order valence-electron chi connectivity index (χ4n) is 1.43. The van der Waals surface area contributed by atoms with Gasteiger partial charge in [-0.25, -0.2) is 4.98 Å². The Bertz CT molecular complexity index is 486. The van der Waals surface area contributed by atoms with E-state index in [4.69, 9.17) is 5.11 Å². The van der Waals surface area contributed by atoms with Gasteiger partial charge in [-0.2, -0.15) is 0 Å². The first kappa shape index (κ1) is 15.1. The molecule has 0 fully saturated rings. The van der Waals surface area contributed by atoms with Gasteiger partial charge in [0, 0.05) is 18.8 Å². The third-order valence-electron chi connectivity index (χ3n) is 2.11. The molecule has 0 unspecified atom stereocenters. The maximum Gasteiger partial charge on any atom is 0.323 e. The first-order chi connectivity index (χ1) is 8.93. The van der Waals surface area contributed by atoms with Crippen molar-refractivity contribution in [1.29, 1.82) is 0 Å². The van der Waals surface area contributed by atoms with Crippen molar-refractivity contribution in [3.05, 3.63) is 11.1 Å². The number of aromatic nitrogens is 1. The number of nitrogens with zero attached hydrogens (tertiary/aromatic N) is 2. The Kier molecular flexibility index (Phi) is 5.43. The van der Waals surface area contributed by atoms with Crippen LogP contribution in [0.2, 0.25) is 0 Å². The third-order valence-corrected chi connectivity index (χ3v) is 2.87. The van der Waals surface area contributed by atoms with Crippen molar-refractivity contribution in [2.45, 2.75) is 20.3 Å². The highest BCUT2D eigenvalue weighted by Gasteiger charge is 2.20. The van der Waals surface area contributed by atoms with Crippen molar-refractivity contribution in [1.82, 2.24) is 9.88 Å². The molecular weight excluding hydrogens is 270 g/mol. The second-order valence-electron chi connectivity index (χ2n) is 3.84. The third kappa shape index (κ3) is 4.66. The van der Waals surface area contributed by atoms with E-state index in [1.165, 1.54) is 17.2 Å². The van der Waals surface area contributed by atoms with Crippen LogP contribution in [-0.4, -0.2) is 45.9 Å². The standard InChI is InChI=1S/C11H15N3O4S/c1-3-4-14(5-9(16)17)10(18)8-6-19-11(13-8)12-7(2)15/h6H,3-5H2,1-2H3,(H,16,17)(H,12,13,15). The minimum atomic E-state index is -1.07. The molecule has 0 atom stereocenters. The normalized spacial score (nSPS) is 10.0. The highest BCUT2D eigenvalue weighted by molar-refractivity contribution is 7.14. The van der Waals surface area contributed by atoms with Crippen LogP contribution >= 0.6 is 11.3 Å². The van der Waals surface area contributed by atoms with Gasteiger partial charge in [-0.05, 0) is 6.42 Å². The van der Waals surface area contributed by atoms with Gasteiger partial charge < -0.3 is 15.3 Å². The average Bonchev–Trinajstić information content (AvgIpc) is 2.74. The van der Waals surface area contributed by atoms with Crippen molar-refractivity contribution < 1.29 is 19.5 Å². The Balaban J connectivity index is 2.80. The lowest BCUT2D eigenvalue weighted by molar-refractivity contribution is -0.137. The smallest absolute Gasteiger partial charge is 0.323 e. The van der Waals surface area contributed by atoms with E-state index in [1.54, 1.807) is 0 Å². The number of carbonyl (C=O) groups excluding carboxylic acids is 2. The lowest BCUT2D eigenvalue weighted by atomic mass is 10.3. The van der Waals surface area contributed by atoms with E-state index < -0.39 is 11.9 Å². The van der Waals surface area contributed by atoms with Gasteiger partial charge in [-0.15, -0.1) is 11.3 Å². The van der Waals surface area contributed by atoms with Gasteiger partial charge in [0.15, 0.2) is 5.13 Å². The summed E-state index contributed by atoms with van der Waals surface area (Å²) >= 11 is 1.12. The van der Waals surface area contributed by atoms with E-state index in [0.717, 1.165) is 11.3 Å². The zero-order chi connectivity index (χ0) is 14.4. The van der Waals surface area contributed by atoms with Crippen LogP contribution in [0.4, 0.5) is 5.13 Å². The molecule has 0 aliphatic carbocycles. The molecule has 104 valence electrons. The molecule has 2 N–H and O–H groups in total. The van der Waals surface area contributed by atoms with E-state index in [-0.39, 0.29) is 18.1 Å². The molecule has 0 aliphatic heterocycles. The molecule has 1 rings (SSSR count). The lowest BCUT2D eigenvalue weighted by Gasteiger charge is -2.18. The molecule has 7 nitrogen and oxygen atoms in total. The molecule has 0 radical (unpaired) electrons. The van der Waals surface area contributed by atoms with Gasteiger partial charge >= 0.3 is 5.97 Å². The van der Waals surface area contributed by atoms with Crippen LogP contribution in [0.15, 0.2) is 5.38 Å². The first-order valence-corrected chi connectivity index (χ1v) is 6.56. The number of nitrogens with one attached hydrogen (secondary N) is 1. The summed E-state index contributed by atoms with van der Waals surface area (Å²) in [5, 5.41) is 13.1. The molecule has 0 bridgehead atoms. The zero-order valence-corrected chi connectivity index (χ0v) is 11.5. The maximum atomic E-state index is 12.1. The molecule has 2 amide bonds. The molecule has 1 aromatic heterocycles. The lowest BCUT2D eigenvalue weighted by Crippen LogP contribution is -2.36. The minimum absolute atomic E-state index is 0.142. The van der Waals surface area contributed by atoms with Crippen molar-refractivity contribution in [3.8, 4) is 0 Å². The zero-order valence-electron chi connectivity index (χ0n) is 10.7. The molecular formula is C11H15N3O4S. The number of anilines is 1. The molecule has 19 heavy (non-hydrogen) atoms. The Labute approximate surface area is 114 Å². The Hall–Kier alpha value is -1.96. The molecule has 1 aromatic rings. The minimum Gasteiger partial charge on any atom is -0.480 e. The number of carboxylic acid groups (broad SMARTS) is 1. The summed E-state index contributed by atoms with van der Waals surface area (Å²) in [7, 11) is 0. The number of amides is 2. The molecule has 0 saturated carbocycles. The second-order valence-corrected chi connectivity index (χ2v) is 4.70. The quantitative estimate of drug-likeness (QED) is 0.813. The van der Waals surface area contributed by atoms with Crippen LogP contribution in [0.25, 0.3) is 0 Å². The number of hydrogen-bond acceptors (Lipinski definition) is 5. The van der Waals surface area contributed by atoms with Crippen molar-refractivity contribution in [2.75, 3.05) is 18.4 Å². The van der Waals surface area contributed by atoms with E-state index in [2.05, 4.69) is 10.3 Å². The topological polar surface area (TPSA) is 99.6 Å². The number of hydrogen-bond donors (Lipinski definition) is 2. The predicted molar refractivity (Wildman–Crippen MR) is 70.2 cm³/mol. The predicted octanol–water partition coefficient (Wildman–Crippen LogP) is 1.04. The largest absolute Gasteiger partial charge is 0.480 e. The number of carboxylic acids is 1. The van der Waals surface area contributed by atoms with Gasteiger partial charge in [0.2, 0.25) is 5.91 Å². The van der Waals surface area contributed by atoms with Crippen LogP contribution in [-0.2, 0) is 9.59 Å². The van der Waals surface area contributed by atoms with E-state index in [0.29, 0.717) is 18.1 Å². The second kappa shape index (κ2) is 6.83. The summed E-state index contributed by atoms with van der Waals surface area (Å²) in [5.41, 5.74) is 0.142. The molecule has 8 heteroatoms. The van der Waals surface area contributed by atoms with Gasteiger partial charge in [0.1, 0.15) is 12.2 Å². The summed E-state index contributed by atoms with van der Waals surface area (Å²) in [4.78, 5) is 38.8. The fourth-order valence-corrected chi connectivity index (χ4v) is 2.16. The Morgan fingerprint density at radius 2 is 2.16 bits per heavy atom. The van der Waals surface area contributed by atoms with Crippen molar-refractivity contribution in [2.24, 2.45) is 0 Å². The summed E-state index contributed by atoms with van der Waals surface area (Å²) in [6.07, 6.45) is 0.654. The van der Waals surface area contributed by atoms with E-state index >= 15 is 0 Å². The van der Waals surface area contributed by atoms with Crippen LogP contribution in [0.1, 0.15) is 30.8 Å². The monoisotopic (exact) mass is 285 g/mol. The number of carbonyl (C=O) groups is 3. The van der Waals surface area contributed by atoms with Crippen LogP contribution in [0.3, 0.4) is 0 Å². The van der Waals surface area contributed by atoms with Gasteiger partial charge in [-0.3, -0.25) is 14.4 Å². The molecule has 0 spiro atoms. The molecule has 0 aromatic carbocycles. The summed E-state index contributed by atoms with van der Waals surface area (Å²) in [5.74, 6) is -1.79. The van der Waals surface area contributed by atoms with Crippen LogP contribution in [0, 0.1) is 0 Å². The van der Waals surface area contributed by atoms with Gasteiger partial charge in [-0.1, -0.05) is 6.92 Å². The first-order valence-electron chi connectivity index (χ1n) is 5.68. The van der Waals surface area contributed by atoms with Gasteiger partial charge in [0.25, 0.3) is 5.91 Å². The molecule has 0 saturated heterocycles. The highest BCUT2D eigenvalue weighted by atomic mass is 32.1. The summed E-state index contributed by atoms with van der Waals surface area (Å²) in [6, 6.07) is 0. The summed E-state index contributed by atoms with van der Waals surface area (Å²) in [6.45, 7) is 3.18. The Morgan fingerprint density at radius 3 is 2.68 bits per heavy atom. The highest BCUT2D eigenvalue weighted by Crippen LogP contribution is 2.16. The summed E-state index contributed by atoms with van der Waals surface area (Å²) < 4.78 is 0. The Morgan fingerprint density at radius 1 is 1.47 bits per heavy atom. The van der Waals surface area contributed by atoms with Crippen molar-refractivity contribution in [3.63, 3.8) is 0 Å². The van der Waals surface area contributed by atoms with Gasteiger partial charge in [0.05, 0.1) is 0 Å². The number of thiazole rings is 1. The van der Waals surface area contributed by atoms with E-state index in [9.17, 15) is 14.4 Å². The molecule has 1 heterocycles. The maximum absolute atomic E-state index is 12.1. The van der Waals surface area contributed by atoms with Crippen LogP contribution in [0.5, 0.6) is 0 Å². The number of rotatable bonds is 6. The SMILES string of the molecule is CCCN(CC(=O)O)C(=O)c1csc(NC(C)=O)n1.